The number of benzene rings is 1. The van der Waals surface area contributed by atoms with Crippen molar-refractivity contribution in [2.75, 3.05) is 18.0 Å². The van der Waals surface area contributed by atoms with Crippen molar-refractivity contribution < 1.29 is 19.1 Å². The third-order valence-electron chi connectivity index (χ3n) is 3.29. The topological polar surface area (TPSA) is 71.4 Å². The van der Waals surface area contributed by atoms with Gasteiger partial charge in [0.1, 0.15) is 11.2 Å². The van der Waals surface area contributed by atoms with Gasteiger partial charge in [-0.3, -0.25) is 0 Å². The fourth-order valence-electron chi connectivity index (χ4n) is 2.32. The molecule has 2 rings (SSSR count). The zero-order valence-electron chi connectivity index (χ0n) is 16.6. The molecule has 1 heterocycles. The van der Waals surface area contributed by atoms with E-state index in [1.54, 1.807) is 53.7 Å². The van der Waals surface area contributed by atoms with E-state index in [1.165, 1.54) is 9.80 Å². The smallest absolute Gasteiger partial charge is 0.421 e. The largest absolute Gasteiger partial charge is 0.443 e. The summed E-state index contributed by atoms with van der Waals surface area (Å²) in [5.74, 6) is 0.208. The van der Waals surface area contributed by atoms with Crippen molar-refractivity contribution >= 4 is 46.4 Å². The number of carbonyl (C=O) groups excluding carboxylic acids is 2. The summed E-state index contributed by atoms with van der Waals surface area (Å²) in [4.78, 5) is 32.6. The van der Waals surface area contributed by atoms with Gasteiger partial charge < -0.3 is 9.47 Å². The summed E-state index contributed by atoms with van der Waals surface area (Å²) in [6.45, 7) is 11.5. The van der Waals surface area contributed by atoms with Crippen molar-refractivity contribution in [2.45, 2.75) is 52.7 Å². The second-order valence-electron chi connectivity index (χ2n) is 8.11. The maximum atomic E-state index is 12.9. The van der Waals surface area contributed by atoms with Crippen LogP contribution in [-0.4, -0.2) is 47.3 Å². The monoisotopic (exact) mass is 487 g/mol. The van der Waals surface area contributed by atoms with Gasteiger partial charge in [0.15, 0.2) is 0 Å². The van der Waals surface area contributed by atoms with Gasteiger partial charge in [0.05, 0.1) is 18.8 Å². The quantitative estimate of drug-likeness (QED) is 0.542. The summed E-state index contributed by atoms with van der Waals surface area (Å²) in [5.41, 5.74) is -0.766. The number of ether oxygens (including phenoxy) is 2. The van der Waals surface area contributed by atoms with Crippen molar-refractivity contribution in [3.05, 3.63) is 27.8 Å². The Bertz CT molecular complexity index is 733. The van der Waals surface area contributed by atoms with Gasteiger partial charge in [0.25, 0.3) is 0 Å². The molecule has 0 fully saturated rings. The second-order valence-corrected chi connectivity index (χ2v) is 9.35. The van der Waals surface area contributed by atoms with Crippen LogP contribution in [0.15, 0.2) is 29.3 Å². The van der Waals surface area contributed by atoms with Crippen LogP contribution in [0.5, 0.6) is 0 Å². The summed E-state index contributed by atoms with van der Waals surface area (Å²) in [6, 6.07) is 7.33. The predicted molar refractivity (Wildman–Crippen MR) is 113 cm³/mol. The first-order valence-electron chi connectivity index (χ1n) is 8.71. The first-order chi connectivity index (χ1) is 12.4. The van der Waals surface area contributed by atoms with E-state index in [0.717, 1.165) is 3.57 Å². The molecule has 0 saturated carbocycles. The van der Waals surface area contributed by atoms with E-state index in [4.69, 9.17) is 9.47 Å². The molecular weight excluding hydrogens is 461 g/mol. The van der Waals surface area contributed by atoms with Crippen LogP contribution in [0.3, 0.4) is 0 Å². The maximum absolute atomic E-state index is 12.9. The molecule has 8 heteroatoms. The van der Waals surface area contributed by atoms with Crippen LogP contribution in [0.1, 0.15) is 41.5 Å². The molecule has 0 radical (unpaired) electrons. The Balaban J connectivity index is 2.38. The van der Waals surface area contributed by atoms with Gasteiger partial charge in [-0.05, 0) is 88.4 Å². The van der Waals surface area contributed by atoms with Gasteiger partial charge in [0, 0.05) is 3.57 Å². The Morgan fingerprint density at radius 2 is 1.59 bits per heavy atom. The normalized spacial score (nSPS) is 14.6. The molecular formula is C19H26IN3O4. The zero-order valence-corrected chi connectivity index (χ0v) is 18.7. The van der Waals surface area contributed by atoms with Crippen molar-refractivity contribution in [3.8, 4) is 0 Å². The number of halogens is 1. The van der Waals surface area contributed by atoms with Gasteiger partial charge in [-0.2, -0.15) is 0 Å². The van der Waals surface area contributed by atoms with Gasteiger partial charge in [-0.1, -0.05) is 0 Å². The van der Waals surface area contributed by atoms with E-state index in [0.29, 0.717) is 18.8 Å². The maximum Gasteiger partial charge on any atom is 0.421 e. The highest BCUT2D eigenvalue weighted by Gasteiger charge is 2.37. The molecule has 1 aliphatic heterocycles. The first kappa shape index (κ1) is 21.5. The van der Waals surface area contributed by atoms with Gasteiger partial charge in [-0.15, -0.1) is 0 Å². The highest BCUT2D eigenvalue weighted by molar-refractivity contribution is 14.1. The van der Waals surface area contributed by atoms with E-state index >= 15 is 0 Å². The number of aliphatic imine (C=N–C) groups is 1. The van der Waals surface area contributed by atoms with Crippen LogP contribution in [-0.2, 0) is 9.47 Å². The number of anilines is 1. The minimum Gasteiger partial charge on any atom is -0.443 e. The van der Waals surface area contributed by atoms with E-state index < -0.39 is 23.4 Å². The van der Waals surface area contributed by atoms with Crippen LogP contribution in [0.4, 0.5) is 15.3 Å². The number of carbonyl (C=O) groups is 2. The zero-order chi connectivity index (χ0) is 20.4. The molecule has 148 valence electrons. The van der Waals surface area contributed by atoms with E-state index in [2.05, 4.69) is 27.6 Å². The fraction of sp³-hybridized carbons (Fsp3) is 0.526. The van der Waals surface area contributed by atoms with E-state index in [1.807, 2.05) is 12.1 Å². The van der Waals surface area contributed by atoms with Gasteiger partial charge >= 0.3 is 12.2 Å². The SMILES string of the molecule is CC(C)(C)OC(=O)N1CCN=C1N(C(=O)OC(C)(C)C)c1ccc(I)cc1. The number of hydrogen-bond acceptors (Lipinski definition) is 5. The van der Waals surface area contributed by atoms with Crippen LogP contribution in [0.2, 0.25) is 0 Å². The molecule has 27 heavy (non-hydrogen) atoms. The molecule has 1 aromatic rings. The van der Waals surface area contributed by atoms with E-state index in [-0.39, 0.29) is 5.96 Å². The summed E-state index contributed by atoms with van der Waals surface area (Å²) >= 11 is 2.19. The summed E-state index contributed by atoms with van der Waals surface area (Å²) in [6.07, 6.45) is -1.14. The molecule has 0 saturated heterocycles. The predicted octanol–water partition coefficient (Wildman–Crippen LogP) is 4.64. The van der Waals surface area contributed by atoms with Crippen LogP contribution in [0.25, 0.3) is 0 Å². The lowest BCUT2D eigenvalue weighted by atomic mass is 10.2. The van der Waals surface area contributed by atoms with Crippen molar-refractivity contribution in [1.82, 2.24) is 4.90 Å². The third kappa shape index (κ3) is 6.08. The Labute approximate surface area is 173 Å². The van der Waals surface area contributed by atoms with Crippen molar-refractivity contribution in [2.24, 2.45) is 4.99 Å². The molecule has 0 aromatic heterocycles. The molecule has 2 amide bonds. The molecule has 0 unspecified atom stereocenters. The molecule has 0 N–H and O–H groups in total. The fourth-order valence-corrected chi connectivity index (χ4v) is 2.68. The van der Waals surface area contributed by atoms with Crippen LogP contribution in [0, 0.1) is 3.57 Å². The number of rotatable bonds is 1. The van der Waals surface area contributed by atoms with Crippen molar-refractivity contribution in [1.29, 1.82) is 0 Å². The molecule has 1 aromatic carbocycles. The second kappa shape index (κ2) is 8.04. The Morgan fingerprint density at radius 3 is 2.11 bits per heavy atom. The molecule has 0 aliphatic carbocycles. The lowest BCUT2D eigenvalue weighted by Crippen LogP contribution is -2.50. The van der Waals surface area contributed by atoms with E-state index in [9.17, 15) is 9.59 Å². The minimum absolute atomic E-state index is 0.208. The van der Waals surface area contributed by atoms with Crippen LogP contribution >= 0.6 is 22.6 Å². The van der Waals surface area contributed by atoms with Gasteiger partial charge in [-0.25, -0.2) is 24.4 Å². The minimum atomic E-state index is -0.686. The lowest BCUT2D eigenvalue weighted by molar-refractivity contribution is 0.0379. The number of hydrogen-bond donors (Lipinski definition) is 0. The third-order valence-corrected chi connectivity index (χ3v) is 4.01. The summed E-state index contributed by atoms with van der Waals surface area (Å²) in [5, 5.41) is 0. The number of nitrogens with zero attached hydrogens (tertiary/aromatic N) is 3. The first-order valence-corrected chi connectivity index (χ1v) is 9.79. The van der Waals surface area contributed by atoms with Gasteiger partial charge in [0.2, 0.25) is 5.96 Å². The Morgan fingerprint density at radius 1 is 1.04 bits per heavy atom. The average Bonchev–Trinajstić information content (AvgIpc) is 2.95. The molecule has 0 bridgehead atoms. The number of amides is 2. The summed E-state index contributed by atoms with van der Waals surface area (Å²) < 4.78 is 12.0. The molecule has 1 aliphatic rings. The van der Waals surface area contributed by atoms with Crippen molar-refractivity contribution in [3.63, 3.8) is 0 Å². The van der Waals surface area contributed by atoms with Crippen LogP contribution < -0.4 is 4.90 Å². The molecule has 0 atom stereocenters. The lowest BCUT2D eigenvalue weighted by Gasteiger charge is -2.31. The number of guanidine groups is 1. The highest BCUT2D eigenvalue weighted by Crippen LogP contribution is 2.24. The Kier molecular flexibility index (Phi) is 6.39. The average molecular weight is 487 g/mol. The Hall–Kier alpha value is -1.84. The summed E-state index contributed by atoms with van der Waals surface area (Å²) in [7, 11) is 0. The highest BCUT2D eigenvalue weighted by atomic mass is 127. The molecule has 0 spiro atoms. The standard InChI is InChI=1S/C19H26IN3O4/c1-18(2,3)26-16(24)22-12-11-21-15(22)23(17(25)27-19(4,5)6)14-9-7-13(20)8-10-14/h7-10H,11-12H2,1-6H3. The molecule has 7 nitrogen and oxygen atoms in total.